The lowest BCUT2D eigenvalue weighted by Gasteiger charge is -2.24. The molecule has 0 aromatic carbocycles. The van der Waals surface area contributed by atoms with Gasteiger partial charge in [0.1, 0.15) is 0 Å². The molecule has 1 saturated heterocycles. The second-order valence-electron chi connectivity index (χ2n) is 5.57. The number of hydrogen-bond acceptors (Lipinski definition) is 3. The quantitative estimate of drug-likeness (QED) is 0.755. The van der Waals surface area contributed by atoms with Crippen LogP contribution in [0, 0.1) is 5.41 Å². The summed E-state index contributed by atoms with van der Waals surface area (Å²) in [6.45, 7) is 4.48. The minimum absolute atomic E-state index is 0.179. The van der Waals surface area contributed by atoms with E-state index in [1.165, 1.54) is 12.8 Å². The molecular formula is C12H24N2O2S. The molecule has 1 aliphatic carbocycles. The third-order valence-electron chi connectivity index (χ3n) is 4.11. The van der Waals surface area contributed by atoms with Gasteiger partial charge in [0.05, 0.1) is 5.25 Å². The molecular weight excluding hydrogens is 236 g/mol. The molecule has 100 valence electrons. The topological polar surface area (TPSA) is 58.2 Å². The molecule has 5 heteroatoms. The number of nitrogens with one attached hydrogen (secondary N) is 2. The third kappa shape index (κ3) is 3.42. The van der Waals surface area contributed by atoms with Crippen LogP contribution in [0.25, 0.3) is 0 Å². The predicted octanol–water partition coefficient (Wildman–Crippen LogP) is 1.24. The average Bonchev–Trinajstić information content (AvgIpc) is 3.09. The smallest absolute Gasteiger partial charge is 0.214 e. The van der Waals surface area contributed by atoms with E-state index >= 15 is 0 Å². The van der Waals surface area contributed by atoms with E-state index in [0.29, 0.717) is 12.0 Å². The van der Waals surface area contributed by atoms with Crippen molar-refractivity contribution in [2.75, 3.05) is 19.6 Å². The molecule has 1 aliphatic heterocycles. The molecule has 0 atom stereocenters. The van der Waals surface area contributed by atoms with Crippen LogP contribution in [0.5, 0.6) is 0 Å². The Morgan fingerprint density at radius 1 is 1.29 bits per heavy atom. The molecule has 17 heavy (non-hydrogen) atoms. The van der Waals surface area contributed by atoms with Gasteiger partial charge in [-0.3, -0.25) is 0 Å². The maximum atomic E-state index is 12.1. The van der Waals surface area contributed by atoms with Gasteiger partial charge in [-0.15, -0.1) is 0 Å². The Kier molecular flexibility index (Phi) is 4.10. The van der Waals surface area contributed by atoms with E-state index in [-0.39, 0.29) is 5.25 Å². The van der Waals surface area contributed by atoms with Crippen molar-refractivity contribution in [1.29, 1.82) is 0 Å². The van der Waals surface area contributed by atoms with Gasteiger partial charge in [0.2, 0.25) is 10.0 Å². The van der Waals surface area contributed by atoms with Crippen LogP contribution in [0.15, 0.2) is 0 Å². The number of sulfonamides is 1. The minimum atomic E-state index is -3.08. The van der Waals surface area contributed by atoms with Crippen LogP contribution in [-0.2, 0) is 10.0 Å². The van der Waals surface area contributed by atoms with Crippen molar-refractivity contribution in [3.8, 4) is 0 Å². The largest absolute Gasteiger partial charge is 0.317 e. The highest BCUT2D eigenvalue weighted by Crippen LogP contribution is 2.49. The molecule has 0 aromatic rings. The lowest BCUT2D eigenvalue weighted by molar-refractivity contribution is 0.440. The summed E-state index contributed by atoms with van der Waals surface area (Å²) in [7, 11) is -3.08. The second-order valence-corrected chi connectivity index (χ2v) is 7.61. The molecule has 0 amide bonds. The van der Waals surface area contributed by atoms with E-state index in [0.717, 1.165) is 38.8 Å². The fourth-order valence-electron chi connectivity index (χ4n) is 2.70. The van der Waals surface area contributed by atoms with Gasteiger partial charge < -0.3 is 5.32 Å². The Morgan fingerprint density at radius 2 is 1.94 bits per heavy atom. The standard InChI is InChI=1S/C12H24N2O2S/c1-2-5-12(6-7-12)10-14-17(15,16)11-3-8-13-9-4-11/h11,13-14H,2-10H2,1H3. The molecule has 0 aromatic heterocycles. The monoisotopic (exact) mass is 260 g/mol. The summed E-state index contributed by atoms with van der Waals surface area (Å²) in [6, 6.07) is 0. The fourth-order valence-corrected chi connectivity index (χ4v) is 4.30. The van der Waals surface area contributed by atoms with Gasteiger partial charge in [0, 0.05) is 6.54 Å². The Morgan fingerprint density at radius 3 is 2.47 bits per heavy atom. The first-order valence-electron chi connectivity index (χ1n) is 6.77. The molecule has 0 bridgehead atoms. The molecule has 2 N–H and O–H groups in total. The van der Waals surface area contributed by atoms with Gasteiger partial charge >= 0.3 is 0 Å². The van der Waals surface area contributed by atoms with Crippen molar-refractivity contribution in [2.24, 2.45) is 5.41 Å². The molecule has 4 nitrogen and oxygen atoms in total. The van der Waals surface area contributed by atoms with Crippen molar-refractivity contribution in [3.05, 3.63) is 0 Å². The number of hydrogen-bond donors (Lipinski definition) is 2. The van der Waals surface area contributed by atoms with Crippen molar-refractivity contribution >= 4 is 10.0 Å². The van der Waals surface area contributed by atoms with Crippen molar-refractivity contribution in [2.45, 2.75) is 50.7 Å². The molecule has 2 rings (SSSR count). The van der Waals surface area contributed by atoms with Crippen molar-refractivity contribution in [3.63, 3.8) is 0 Å². The maximum Gasteiger partial charge on any atom is 0.214 e. The maximum absolute atomic E-state index is 12.1. The van der Waals surface area contributed by atoms with Gasteiger partial charge in [-0.2, -0.15) is 0 Å². The van der Waals surface area contributed by atoms with Crippen LogP contribution in [0.2, 0.25) is 0 Å². The lowest BCUT2D eigenvalue weighted by atomic mass is 10.0. The van der Waals surface area contributed by atoms with E-state index < -0.39 is 10.0 Å². The van der Waals surface area contributed by atoms with Crippen LogP contribution < -0.4 is 10.0 Å². The zero-order chi connectivity index (χ0) is 12.4. The third-order valence-corrected chi connectivity index (χ3v) is 6.01. The Bertz CT molecular complexity index is 344. The van der Waals surface area contributed by atoms with Crippen LogP contribution in [-0.4, -0.2) is 33.3 Å². The summed E-state index contributed by atoms with van der Waals surface area (Å²) in [5, 5.41) is 3.02. The summed E-state index contributed by atoms with van der Waals surface area (Å²) in [5.41, 5.74) is 0.300. The normalized spacial score (nSPS) is 24.8. The Labute approximate surface area is 105 Å². The molecule has 0 radical (unpaired) electrons. The zero-order valence-electron chi connectivity index (χ0n) is 10.7. The highest BCUT2D eigenvalue weighted by Gasteiger charge is 2.42. The molecule has 1 saturated carbocycles. The van der Waals surface area contributed by atoms with Gasteiger partial charge in [-0.1, -0.05) is 13.3 Å². The Balaban J connectivity index is 1.84. The summed E-state index contributed by atoms with van der Waals surface area (Å²) in [4.78, 5) is 0. The van der Waals surface area contributed by atoms with E-state index in [9.17, 15) is 8.42 Å². The van der Waals surface area contributed by atoms with E-state index in [4.69, 9.17) is 0 Å². The van der Waals surface area contributed by atoms with Crippen LogP contribution in [0.1, 0.15) is 45.4 Å². The highest BCUT2D eigenvalue weighted by molar-refractivity contribution is 7.90. The second kappa shape index (κ2) is 5.24. The summed E-state index contributed by atoms with van der Waals surface area (Å²) >= 11 is 0. The van der Waals surface area contributed by atoms with Gasteiger partial charge in [0.15, 0.2) is 0 Å². The first-order chi connectivity index (χ1) is 8.08. The van der Waals surface area contributed by atoms with Crippen LogP contribution in [0.3, 0.4) is 0 Å². The van der Waals surface area contributed by atoms with E-state index in [1.807, 2.05) is 0 Å². The van der Waals surface area contributed by atoms with E-state index in [1.54, 1.807) is 0 Å². The molecule has 2 fully saturated rings. The van der Waals surface area contributed by atoms with Crippen molar-refractivity contribution < 1.29 is 8.42 Å². The molecule has 0 spiro atoms. The lowest BCUT2D eigenvalue weighted by Crippen LogP contribution is -2.43. The first-order valence-corrected chi connectivity index (χ1v) is 8.32. The summed E-state index contributed by atoms with van der Waals surface area (Å²) in [5.74, 6) is 0. The van der Waals surface area contributed by atoms with Crippen molar-refractivity contribution in [1.82, 2.24) is 10.0 Å². The SMILES string of the molecule is CCCC1(CNS(=O)(=O)C2CCNCC2)CC1. The van der Waals surface area contributed by atoms with Crippen LogP contribution in [0.4, 0.5) is 0 Å². The summed E-state index contributed by atoms with van der Waals surface area (Å²) < 4.78 is 27.1. The molecule has 2 aliphatic rings. The first kappa shape index (κ1) is 13.3. The molecule has 0 unspecified atom stereocenters. The number of rotatable bonds is 6. The predicted molar refractivity (Wildman–Crippen MR) is 69.4 cm³/mol. The van der Waals surface area contributed by atoms with Gasteiger partial charge in [0.25, 0.3) is 0 Å². The van der Waals surface area contributed by atoms with E-state index in [2.05, 4.69) is 17.0 Å². The average molecular weight is 260 g/mol. The minimum Gasteiger partial charge on any atom is -0.317 e. The summed E-state index contributed by atoms with van der Waals surface area (Å²) in [6.07, 6.45) is 6.17. The van der Waals surface area contributed by atoms with Crippen LogP contribution >= 0.6 is 0 Å². The Hall–Kier alpha value is -0.130. The number of piperidine rings is 1. The molecule has 1 heterocycles. The fraction of sp³-hybridized carbons (Fsp3) is 1.00. The van der Waals surface area contributed by atoms with Gasteiger partial charge in [-0.05, 0) is 50.6 Å². The van der Waals surface area contributed by atoms with Gasteiger partial charge in [-0.25, -0.2) is 13.1 Å². The zero-order valence-corrected chi connectivity index (χ0v) is 11.5. The highest BCUT2D eigenvalue weighted by atomic mass is 32.2.